The molecule has 1 aliphatic rings. The maximum Gasteiger partial charge on any atom is 0.303 e. The number of carbonyl (C=O) groups excluding carboxylic acids is 1. The number of pyridine rings is 3. The van der Waals surface area contributed by atoms with E-state index >= 15 is 0 Å². The summed E-state index contributed by atoms with van der Waals surface area (Å²) in [4.78, 5) is 27.7. The van der Waals surface area contributed by atoms with Crippen molar-refractivity contribution < 1.29 is 18.0 Å². The Morgan fingerprint density at radius 1 is 1.12 bits per heavy atom. The molecule has 4 rings (SSSR count). The van der Waals surface area contributed by atoms with E-state index < -0.39 is 23.6 Å². The van der Waals surface area contributed by atoms with Crippen LogP contribution in [-0.2, 0) is 5.92 Å². The third-order valence-corrected chi connectivity index (χ3v) is 5.79. The van der Waals surface area contributed by atoms with Gasteiger partial charge in [0.05, 0.1) is 34.6 Å². The molecule has 34 heavy (non-hydrogen) atoms. The molecule has 0 aliphatic carbocycles. The molecule has 3 N–H and O–H groups in total. The van der Waals surface area contributed by atoms with Crippen LogP contribution >= 0.6 is 0 Å². The molecule has 7 nitrogen and oxygen atoms in total. The number of anilines is 3. The smallest absolute Gasteiger partial charge is 0.303 e. The number of hydrogen-bond acceptors (Lipinski definition) is 6. The van der Waals surface area contributed by atoms with E-state index in [0.717, 1.165) is 56.9 Å². The van der Waals surface area contributed by atoms with Crippen molar-refractivity contribution in [3.63, 3.8) is 0 Å². The number of nitrogens with two attached hydrogens (primary N) is 1. The highest BCUT2D eigenvalue weighted by molar-refractivity contribution is 6.07. The minimum Gasteiger partial charge on any atom is -0.397 e. The van der Waals surface area contributed by atoms with Crippen molar-refractivity contribution in [1.82, 2.24) is 15.0 Å². The van der Waals surface area contributed by atoms with E-state index in [1.807, 2.05) is 6.07 Å². The monoisotopic (exact) mass is 470 g/mol. The highest BCUT2D eigenvalue weighted by atomic mass is 19.3. The van der Waals surface area contributed by atoms with Gasteiger partial charge in [-0.05, 0) is 56.5 Å². The zero-order chi connectivity index (χ0) is 24.3. The van der Waals surface area contributed by atoms with Gasteiger partial charge in [-0.25, -0.2) is 9.37 Å². The Hall–Kier alpha value is -3.69. The molecule has 178 valence electrons. The topological polar surface area (TPSA) is 97.0 Å². The summed E-state index contributed by atoms with van der Waals surface area (Å²) in [6.45, 7) is 2.56. The number of nitrogen functional groups attached to an aromatic ring is 1. The molecule has 1 aliphatic heterocycles. The van der Waals surface area contributed by atoms with E-state index in [1.54, 1.807) is 12.4 Å². The highest BCUT2D eigenvalue weighted by Crippen LogP contribution is 2.35. The first-order valence-electron chi connectivity index (χ1n) is 11.0. The summed E-state index contributed by atoms with van der Waals surface area (Å²) < 4.78 is 41.8. The molecule has 0 aromatic carbocycles. The summed E-state index contributed by atoms with van der Waals surface area (Å²) in [7, 11) is 0. The Morgan fingerprint density at radius 2 is 1.88 bits per heavy atom. The number of nitrogens with one attached hydrogen (secondary N) is 1. The number of carbonyl (C=O) groups is 1. The van der Waals surface area contributed by atoms with Gasteiger partial charge >= 0.3 is 5.92 Å². The SMILES string of the molecule is CC(F)C(F)(F)c1ccnc(-c2ccc(N)c(C(=O)Nc3cnccc3N3CCCCC3)n2)c1. The van der Waals surface area contributed by atoms with Crippen LogP contribution in [0.1, 0.15) is 42.2 Å². The van der Waals surface area contributed by atoms with Gasteiger partial charge in [-0.15, -0.1) is 0 Å². The number of nitrogens with zero attached hydrogens (tertiary/aromatic N) is 4. The quantitative estimate of drug-likeness (QED) is 0.537. The minimum absolute atomic E-state index is 0.0715. The molecule has 0 spiro atoms. The lowest BCUT2D eigenvalue weighted by atomic mass is 10.0. The molecule has 10 heteroatoms. The van der Waals surface area contributed by atoms with E-state index in [2.05, 4.69) is 25.2 Å². The van der Waals surface area contributed by atoms with E-state index in [-0.39, 0.29) is 22.8 Å². The van der Waals surface area contributed by atoms with Crippen molar-refractivity contribution in [3.8, 4) is 11.4 Å². The number of alkyl halides is 3. The number of piperidine rings is 1. The van der Waals surface area contributed by atoms with E-state index in [4.69, 9.17) is 5.73 Å². The van der Waals surface area contributed by atoms with Gasteiger partial charge in [0.2, 0.25) is 0 Å². The molecule has 0 saturated carbocycles. The molecule has 1 atom stereocenters. The zero-order valence-corrected chi connectivity index (χ0v) is 18.6. The predicted molar refractivity (Wildman–Crippen MR) is 125 cm³/mol. The normalized spacial score (nSPS) is 15.1. The molecule has 3 aromatic rings. The fourth-order valence-corrected chi connectivity index (χ4v) is 3.88. The van der Waals surface area contributed by atoms with E-state index in [1.165, 1.54) is 18.6 Å². The second kappa shape index (κ2) is 9.66. The number of aromatic nitrogens is 3. The van der Waals surface area contributed by atoms with Crippen LogP contribution in [0.4, 0.5) is 30.2 Å². The van der Waals surface area contributed by atoms with Crippen LogP contribution in [0.25, 0.3) is 11.4 Å². The zero-order valence-electron chi connectivity index (χ0n) is 18.6. The van der Waals surface area contributed by atoms with Gasteiger partial charge < -0.3 is 16.0 Å². The second-order valence-corrected chi connectivity index (χ2v) is 8.20. The van der Waals surface area contributed by atoms with Crippen LogP contribution in [0.15, 0.2) is 48.9 Å². The van der Waals surface area contributed by atoms with Crippen molar-refractivity contribution in [3.05, 3.63) is 60.2 Å². The minimum atomic E-state index is -3.68. The largest absolute Gasteiger partial charge is 0.397 e. The Bertz CT molecular complexity index is 1180. The van der Waals surface area contributed by atoms with Gasteiger partial charge in [0.1, 0.15) is 0 Å². The number of amides is 1. The average molecular weight is 470 g/mol. The van der Waals surface area contributed by atoms with Gasteiger partial charge in [-0.2, -0.15) is 8.78 Å². The lowest BCUT2D eigenvalue weighted by Gasteiger charge is -2.30. The Morgan fingerprint density at radius 3 is 2.62 bits per heavy atom. The molecule has 1 amide bonds. The summed E-state index contributed by atoms with van der Waals surface area (Å²) in [6, 6.07) is 6.88. The standard InChI is InChI=1S/C24H25F3N6O/c1-15(25)24(26,27)16-7-10-30-19(13-16)18-6-5-17(28)22(31-18)23(34)32-20-14-29-9-8-21(20)33-11-3-2-4-12-33/h5-10,13-15H,2-4,11-12,28H2,1H3,(H,32,34). The average Bonchev–Trinajstić information content (AvgIpc) is 2.85. The van der Waals surface area contributed by atoms with Gasteiger partial charge in [-0.3, -0.25) is 14.8 Å². The molecule has 3 aromatic heterocycles. The van der Waals surface area contributed by atoms with Crippen molar-refractivity contribution in [1.29, 1.82) is 0 Å². The first-order chi connectivity index (χ1) is 16.3. The number of rotatable bonds is 6. The molecule has 4 heterocycles. The maximum atomic E-state index is 14.2. The summed E-state index contributed by atoms with van der Waals surface area (Å²) in [5.74, 6) is -4.25. The summed E-state index contributed by atoms with van der Waals surface area (Å²) in [6.07, 6.45) is 5.31. The first-order valence-corrected chi connectivity index (χ1v) is 11.0. The van der Waals surface area contributed by atoms with Crippen molar-refractivity contribution in [2.24, 2.45) is 0 Å². The van der Waals surface area contributed by atoms with Gasteiger partial charge in [-0.1, -0.05) is 0 Å². The van der Waals surface area contributed by atoms with Crippen molar-refractivity contribution in [2.75, 3.05) is 29.0 Å². The van der Waals surface area contributed by atoms with Gasteiger partial charge in [0.15, 0.2) is 11.9 Å². The maximum absolute atomic E-state index is 14.2. The van der Waals surface area contributed by atoms with E-state index in [0.29, 0.717) is 5.69 Å². The molecule has 1 unspecified atom stereocenters. The van der Waals surface area contributed by atoms with Crippen molar-refractivity contribution >= 4 is 23.0 Å². The predicted octanol–water partition coefficient (Wildman–Crippen LogP) is 4.81. The molecule has 0 radical (unpaired) electrons. The van der Waals surface area contributed by atoms with E-state index in [9.17, 15) is 18.0 Å². The molecule has 0 bridgehead atoms. The summed E-state index contributed by atoms with van der Waals surface area (Å²) in [5.41, 5.74) is 7.12. The van der Waals surface area contributed by atoms with Crippen LogP contribution in [0.3, 0.4) is 0 Å². The lowest BCUT2D eigenvalue weighted by molar-refractivity contribution is -0.0712. The Balaban J connectivity index is 1.62. The fraction of sp³-hybridized carbons (Fsp3) is 0.333. The second-order valence-electron chi connectivity index (χ2n) is 8.20. The van der Waals surface area contributed by atoms with Crippen LogP contribution in [0.5, 0.6) is 0 Å². The van der Waals surface area contributed by atoms with Crippen LogP contribution < -0.4 is 16.0 Å². The summed E-state index contributed by atoms with van der Waals surface area (Å²) >= 11 is 0. The van der Waals surface area contributed by atoms with Crippen molar-refractivity contribution in [2.45, 2.75) is 38.3 Å². The van der Waals surface area contributed by atoms with Crippen LogP contribution in [-0.4, -0.2) is 40.1 Å². The number of hydrogen-bond donors (Lipinski definition) is 2. The molecular formula is C24H25F3N6O. The lowest BCUT2D eigenvalue weighted by Crippen LogP contribution is -2.30. The molecular weight excluding hydrogens is 445 g/mol. The fourth-order valence-electron chi connectivity index (χ4n) is 3.88. The third-order valence-electron chi connectivity index (χ3n) is 5.79. The first kappa shape index (κ1) is 23.5. The third kappa shape index (κ3) is 4.80. The molecule has 1 saturated heterocycles. The van der Waals surface area contributed by atoms with Crippen LogP contribution in [0, 0.1) is 0 Å². The Kier molecular flexibility index (Phi) is 6.67. The Labute approximate surface area is 195 Å². The molecule has 1 fully saturated rings. The number of halogens is 3. The highest BCUT2D eigenvalue weighted by Gasteiger charge is 2.39. The summed E-state index contributed by atoms with van der Waals surface area (Å²) in [5, 5.41) is 2.82. The van der Waals surface area contributed by atoms with Gasteiger partial charge in [0, 0.05) is 31.0 Å². The van der Waals surface area contributed by atoms with Crippen LogP contribution in [0.2, 0.25) is 0 Å². The van der Waals surface area contributed by atoms with Gasteiger partial charge in [0.25, 0.3) is 5.91 Å².